The Labute approximate surface area is 191 Å². The van der Waals surface area contributed by atoms with Crippen LogP contribution >= 0.6 is 0 Å². The van der Waals surface area contributed by atoms with Crippen molar-refractivity contribution in [2.75, 3.05) is 19.0 Å². The SMILES string of the molecule is COc1ccc(CC(=O)N2CCC[C@H]2c2ncc(C(=O)Nc3ccc(F)cc3)c(C)n2)cc1. The van der Waals surface area contributed by atoms with Gasteiger partial charge < -0.3 is 15.0 Å². The number of aromatic nitrogens is 2. The van der Waals surface area contributed by atoms with Crippen molar-refractivity contribution >= 4 is 17.5 Å². The van der Waals surface area contributed by atoms with Crippen LogP contribution in [-0.4, -0.2) is 40.3 Å². The summed E-state index contributed by atoms with van der Waals surface area (Å²) in [4.78, 5) is 36.4. The van der Waals surface area contributed by atoms with Gasteiger partial charge in [0, 0.05) is 18.4 Å². The molecular weight excluding hydrogens is 423 g/mol. The Hall–Kier alpha value is -3.81. The van der Waals surface area contributed by atoms with Gasteiger partial charge in [-0.3, -0.25) is 9.59 Å². The third-order valence-electron chi connectivity index (χ3n) is 5.73. The molecule has 1 saturated heterocycles. The number of likely N-dealkylation sites (tertiary alicyclic amines) is 1. The van der Waals surface area contributed by atoms with Gasteiger partial charge in [0.2, 0.25) is 5.91 Å². The summed E-state index contributed by atoms with van der Waals surface area (Å²) >= 11 is 0. The van der Waals surface area contributed by atoms with Gasteiger partial charge >= 0.3 is 0 Å². The molecule has 0 aliphatic carbocycles. The van der Waals surface area contributed by atoms with Gasteiger partial charge in [0.05, 0.1) is 30.8 Å². The number of carbonyl (C=O) groups is 2. The van der Waals surface area contributed by atoms with E-state index in [9.17, 15) is 14.0 Å². The maximum absolute atomic E-state index is 13.1. The molecule has 1 N–H and O–H groups in total. The highest BCUT2D eigenvalue weighted by Gasteiger charge is 2.32. The summed E-state index contributed by atoms with van der Waals surface area (Å²) in [5, 5.41) is 2.72. The minimum Gasteiger partial charge on any atom is -0.497 e. The third-order valence-corrected chi connectivity index (χ3v) is 5.73. The number of hydrogen-bond acceptors (Lipinski definition) is 5. The van der Waals surface area contributed by atoms with Crippen molar-refractivity contribution in [1.29, 1.82) is 0 Å². The van der Waals surface area contributed by atoms with Gasteiger partial charge in [0.1, 0.15) is 11.6 Å². The molecule has 170 valence electrons. The lowest BCUT2D eigenvalue weighted by Crippen LogP contribution is -2.33. The van der Waals surface area contributed by atoms with Crippen LogP contribution in [0.15, 0.2) is 54.7 Å². The molecule has 7 nitrogen and oxygen atoms in total. The van der Waals surface area contributed by atoms with E-state index < -0.39 is 0 Å². The molecular formula is C25H25FN4O3. The summed E-state index contributed by atoms with van der Waals surface area (Å²) in [6.07, 6.45) is 3.42. The first-order chi connectivity index (χ1) is 15.9. The monoisotopic (exact) mass is 448 g/mol. The molecule has 2 aromatic carbocycles. The van der Waals surface area contributed by atoms with E-state index >= 15 is 0 Å². The van der Waals surface area contributed by atoms with Crippen LogP contribution in [0.2, 0.25) is 0 Å². The highest BCUT2D eigenvalue weighted by Crippen LogP contribution is 2.31. The number of hydrogen-bond donors (Lipinski definition) is 1. The van der Waals surface area contributed by atoms with Gasteiger partial charge in [-0.15, -0.1) is 0 Å². The molecule has 2 heterocycles. The van der Waals surface area contributed by atoms with Crippen LogP contribution in [0.25, 0.3) is 0 Å². The predicted octanol–water partition coefficient (Wildman–Crippen LogP) is 4.09. The number of carbonyl (C=O) groups excluding carboxylic acids is 2. The number of amides is 2. The molecule has 1 aliphatic rings. The Balaban J connectivity index is 1.46. The number of ether oxygens (including phenoxy) is 1. The number of methoxy groups -OCH3 is 1. The Kier molecular flexibility index (Phi) is 6.63. The van der Waals surface area contributed by atoms with E-state index in [-0.39, 0.29) is 30.1 Å². The van der Waals surface area contributed by atoms with Crippen molar-refractivity contribution in [3.63, 3.8) is 0 Å². The Morgan fingerprint density at radius 2 is 1.88 bits per heavy atom. The van der Waals surface area contributed by atoms with E-state index in [0.29, 0.717) is 29.3 Å². The number of halogens is 1. The maximum Gasteiger partial charge on any atom is 0.259 e. The van der Waals surface area contributed by atoms with E-state index in [1.807, 2.05) is 29.2 Å². The summed E-state index contributed by atoms with van der Waals surface area (Å²) in [6, 6.07) is 12.8. The Morgan fingerprint density at radius 3 is 2.55 bits per heavy atom. The molecule has 1 fully saturated rings. The number of aryl methyl sites for hydroxylation is 1. The molecule has 33 heavy (non-hydrogen) atoms. The topological polar surface area (TPSA) is 84.4 Å². The molecule has 1 atom stereocenters. The summed E-state index contributed by atoms with van der Waals surface area (Å²) < 4.78 is 18.2. The average Bonchev–Trinajstić information content (AvgIpc) is 3.31. The van der Waals surface area contributed by atoms with E-state index in [1.54, 1.807) is 14.0 Å². The quantitative estimate of drug-likeness (QED) is 0.614. The fraction of sp³-hybridized carbons (Fsp3) is 0.280. The lowest BCUT2D eigenvalue weighted by molar-refractivity contribution is -0.131. The largest absolute Gasteiger partial charge is 0.497 e. The second-order valence-electron chi connectivity index (χ2n) is 7.96. The normalized spacial score (nSPS) is 15.4. The lowest BCUT2D eigenvalue weighted by atomic mass is 10.1. The zero-order valence-electron chi connectivity index (χ0n) is 18.5. The maximum atomic E-state index is 13.1. The molecule has 0 saturated carbocycles. The molecule has 8 heteroatoms. The van der Waals surface area contributed by atoms with E-state index in [1.165, 1.54) is 30.5 Å². The molecule has 4 rings (SSSR count). The van der Waals surface area contributed by atoms with Crippen LogP contribution in [0.4, 0.5) is 10.1 Å². The molecule has 0 bridgehead atoms. The first-order valence-electron chi connectivity index (χ1n) is 10.8. The zero-order valence-corrected chi connectivity index (χ0v) is 18.5. The van der Waals surface area contributed by atoms with Crippen LogP contribution in [0, 0.1) is 12.7 Å². The highest BCUT2D eigenvalue weighted by atomic mass is 19.1. The van der Waals surface area contributed by atoms with Crippen molar-refractivity contribution in [1.82, 2.24) is 14.9 Å². The highest BCUT2D eigenvalue weighted by molar-refractivity contribution is 6.04. The number of nitrogens with zero attached hydrogens (tertiary/aromatic N) is 3. The molecule has 0 unspecified atom stereocenters. The first kappa shape index (κ1) is 22.4. The molecule has 0 radical (unpaired) electrons. The van der Waals surface area contributed by atoms with Crippen molar-refractivity contribution in [3.05, 3.63) is 83.2 Å². The summed E-state index contributed by atoms with van der Waals surface area (Å²) in [5.41, 5.74) is 2.25. The van der Waals surface area contributed by atoms with Gasteiger partial charge in [-0.05, 0) is 61.7 Å². The van der Waals surface area contributed by atoms with E-state index in [2.05, 4.69) is 15.3 Å². The van der Waals surface area contributed by atoms with Crippen LogP contribution in [0.5, 0.6) is 5.75 Å². The number of anilines is 1. The molecule has 1 aliphatic heterocycles. The average molecular weight is 448 g/mol. The molecule has 2 amide bonds. The Morgan fingerprint density at radius 1 is 1.15 bits per heavy atom. The minimum atomic E-state index is -0.375. The fourth-order valence-corrected chi connectivity index (χ4v) is 3.95. The van der Waals surface area contributed by atoms with Crippen LogP contribution in [-0.2, 0) is 11.2 Å². The van der Waals surface area contributed by atoms with Gasteiger partial charge in [0.25, 0.3) is 5.91 Å². The molecule has 3 aromatic rings. The van der Waals surface area contributed by atoms with Gasteiger partial charge in [0.15, 0.2) is 5.82 Å². The van der Waals surface area contributed by atoms with E-state index in [0.717, 1.165) is 24.2 Å². The molecule has 1 aromatic heterocycles. The minimum absolute atomic E-state index is 0.0158. The van der Waals surface area contributed by atoms with Crippen LogP contribution in [0.1, 0.15) is 46.3 Å². The van der Waals surface area contributed by atoms with Gasteiger partial charge in [-0.2, -0.15) is 0 Å². The molecule has 0 spiro atoms. The van der Waals surface area contributed by atoms with Crippen molar-refractivity contribution in [2.45, 2.75) is 32.2 Å². The summed E-state index contributed by atoms with van der Waals surface area (Å²) in [7, 11) is 1.61. The standard InChI is InChI=1S/C25H25FN4O3/c1-16-21(25(32)29-19-9-7-18(26)8-10-19)15-27-24(28-16)22-4-3-13-30(22)23(31)14-17-5-11-20(33-2)12-6-17/h5-12,15,22H,3-4,13-14H2,1-2H3,(H,29,32)/t22-/m0/s1. The summed E-state index contributed by atoms with van der Waals surface area (Å²) in [5.74, 6) is 0.551. The first-order valence-corrected chi connectivity index (χ1v) is 10.8. The summed E-state index contributed by atoms with van der Waals surface area (Å²) in [6.45, 7) is 2.39. The van der Waals surface area contributed by atoms with E-state index in [4.69, 9.17) is 4.74 Å². The third kappa shape index (κ3) is 5.16. The van der Waals surface area contributed by atoms with Crippen molar-refractivity contribution in [3.8, 4) is 5.75 Å². The van der Waals surface area contributed by atoms with Gasteiger partial charge in [-0.1, -0.05) is 12.1 Å². The number of nitrogens with one attached hydrogen (secondary N) is 1. The lowest BCUT2D eigenvalue weighted by Gasteiger charge is -2.24. The van der Waals surface area contributed by atoms with Crippen molar-refractivity contribution in [2.24, 2.45) is 0 Å². The number of benzene rings is 2. The van der Waals surface area contributed by atoms with Crippen LogP contribution < -0.4 is 10.1 Å². The predicted molar refractivity (Wildman–Crippen MR) is 122 cm³/mol. The second-order valence-corrected chi connectivity index (χ2v) is 7.96. The Bertz CT molecular complexity index is 1150. The smallest absolute Gasteiger partial charge is 0.259 e. The van der Waals surface area contributed by atoms with Gasteiger partial charge in [-0.25, -0.2) is 14.4 Å². The second kappa shape index (κ2) is 9.77. The van der Waals surface area contributed by atoms with Crippen molar-refractivity contribution < 1.29 is 18.7 Å². The zero-order chi connectivity index (χ0) is 23.4. The fourth-order valence-electron chi connectivity index (χ4n) is 3.95. The number of rotatable bonds is 6. The van der Waals surface area contributed by atoms with Crippen LogP contribution in [0.3, 0.4) is 0 Å².